The molecule has 0 bridgehead atoms. The number of aliphatic hydroxyl groups excluding tert-OH is 1. The smallest absolute Gasteiger partial charge is 0.0704 e. The van der Waals surface area contributed by atoms with Gasteiger partial charge in [-0.15, -0.1) is 0 Å². The van der Waals surface area contributed by atoms with Gasteiger partial charge in [-0.3, -0.25) is 4.98 Å². The van der Waals surface area contributed by atoms with Gasteiger partial charge >= 0.3 is 0 Å². The van der Waals surface area contributed by atoms with Crippen molar-refractivity contribution in [3.05, 3.63) is 30.1 Å². The van der Waals surface area contributed by atoms with E-state index in [4.69, 9.17) is 0 Å². The van der Waals surface area contributed by atoms with Gasteiger partial charge in [0, 0.05) is 25.0 Å². The average Bonchev–Trinajstić information content (AvgIpc) is 2.76. The molecule has 1 aromatic rings. The lowest BCUT2D eigenvalue weighted by atomic mass is 9.98. The molecule has 94 valence electrons. The molecule has 0 amide bonds. The van der Waals surface area contributed by atoms with Crippen LogP contribution >= 0.6 is 0 Å². The van der Waals surface area contributed by atoms with Crippen molar-refractivity contribution >= 4 is 0 Å². The Morgan fingerprint density at radius 2 is 2.18 bits per heavy atom. The normalized spacial score (nSPS) is 24.1. The molecule has 1 aromatic heterocycles. The van der Waals surface area contributed by atoms with Crippen LogP contribution in [0.15, 0.2) is 24.4 Å². The van der Waals surface area contributed by atoms with Crippen molar-refractivity contribution in [2.45, 2.75) is 38.2 Å². The summed E-state index contributed by atoms with van der Waals surface area (Å²) in [5, 5.41) is 12.9. The first-order valence-electron chi connectivity index (χ1n) is 6.65. The molecule has 2 rings (SSSR count). The first-order chi connectivity index (χ1) is 8.36. The molecule has 3 nitrogen and oxygen atoms in total. The van der Waals surface area contributed by atoms with E-state index in [1.54, 1.807) is 0 Å². The van der Waals surface area contributed by atoms with Crippen molar-refractivity contribution in [3.63, 3.8) is 0 Å². The van der Waals surface area contributed by atoms with Crippen molar-refractivity contribution in [2.24, 2.45) is 5.92 Å². The highest BCUT2D eigenvalue weighted by Crippen LogP contribution is 2.17. The summed E-state index contributed by atoms with van der Waals surface area (Å²) in [6.45, 7) is 1.76. The molecule has 0 spiro atoms. The summed E-state index contributed by atoms with van der Waals surface area (Å²) in [5.74, 6) is 0.477. The van der Waals surface area contributed by atoms with Crippen LogP contribution in [0, 0.1) is 5.92 Å². The number of nitrogens with one attached hydrogen (secondary N) is 1. The number of aryl methyl sites for hydroxylation is 1. The molecule has 3 heteroatoms. The third-order valence-corrected chi connectivity index (χ3v) is 3.54. The molecular weight excluding hydrogens is 212 g/mol. The Kier molecular flexibility index (Phi) is 4.95. The summed E-state index contributed by atoms with van der Waals surface area (Å²) in [6.07, 6.45) is 7.62. The Labute approximate surface area is 103 Å². The van der Waals surface area contributed by atoms with Crippen LogP contribution in [0.1, 0.15) is 31.4 Å². The summed E-state index contributed by atoms with van der Waals surface area (Å²) in [4.78, 5) is 4.32. The first-order valence-corrected chi connectivity index (χ1v) is 6.65. The summed E-state index contributed by atoms with van der Waals surface area (Å²) < 4.78 is 0. The van der Waals surface area contributed by atoms with Gasteiger partial charge in [0.2, 0.25) is 0 Å². The van der Waals surface area contributed by atoms with E-state index in [1.807, 2.05) is 18.3 Å². The molecular formula is C14H22N2O. The second kappa shape index (κ2) is 6.72. The van der Waals surface area contributed by atoms with E-state index in [2.05, 4.69) is 16.4 Å². The van der Waals surface area contributed by atoms with Gasteiger partial charge < -0.3 is 10.4 Å². The largest absolute Gasteiger partial charge is 0.391 e. The number of nitrogens with zero attached hydrogens (tertiary/aromatic N) is 1. The fourth-order valence-corrected chi connectivity index (χ4v) is 2.45. The highest BCUT2D eigenvalue weighted by molar-refractivity contribution is 5.03. The van der Waals surface area contributed by atoms with E-state index >= 15 is 0 Å². The number of hydrogen-bond donors (Lipinski definition) is 2. The molecule has 2 atom stereocenters. The van der Waals surface area contributed by atoms with Crippen molar-refractivity contribution in [1.82, 2.24) is 10.3 Å². The molecule has 0 radical (unpaired) electrons. The minimum absolute atomic E-state index is 0.120. The molecule has 17 heavy (non-hydrogen) atoms. The zero-order valence-corrected chi connectivity index (χ0v) is 10.3. The Balaban J connectivity index is 1.55. The van der Waals surface area contributed by atoms with Crippen LogP contribution in [0.25, 0.3) is 0 Å². The lowest BCUT2D eigenvalue weighted by molar-refractivity contribution is 0.141. The maximum absolute atomic E-state index is 9.65. The fourth-order valence-electron chi connectivity index (χ4n) is 2.45. The predicted molar refractivity (Wildman–Crippen MR) is 68.8 cm³/mol. The van der Waals surface area contributed by atoms with E-state index in [-0.39, 0.29) is 6.10 Å². The van der Waals surface area contributed by atoms with Crippen molar-refractivity contribution in [1.29, 1.82) is 0 Å². The van der Waals surface area contributed by atoms with Crippen LogP contribution in [0.2, 0.25) is 0 Å². The van der Waals surface area contributed by atoms with Gasteiger partial charge in [0.05, 0.1) is 6.10 Å². The van der Waals surface area contributed by atoms with Gasteiger partial charge in [0.25, 0.3) is 0 Å². The number of rotatable bonds is 6. The Bertz CT molecular complexity index is 315. The molecule has 2 heterocycles. The van der Waals surface area contributed by atoms with E-state index < -0.39 is 0 Å². The SMILES string of the molecule is O[C@@H]1CNC[C@@H]1CCCCCc1ccccn1. The quantitative estimate of drug-likeness (QED) is 0.737. The maximum atomic E-state index is 9.65. The number of aromatic nitrogens is 1. The van der Waals surface area contributed by atoms with E-state index in [0.29, 0.717) is 5.92 Å². The maximum Gasteiger partial charge on any atom is 0.0704 e. The van der Waals surface area contributed by atoms with Crippen molar-refractivity contribution in [3.8, 4) is 0 Å². The van der Waals surface area contributed by atoms with E-state index in [1.165, 1.54) is 25.0 Å². The summed E-state index contributed by atoms with van der Waals surface area (Å²) in [5.41, 5.74) is 1.19. The van der Waals surface area contributed by atoms with Crippen LogP contribution in [-0.4, -0.2) is 29.3 Å². The molecule has 0 aliphatic carbocycles. The Morgan fingerprint density at radius 3 is 2.88 bits per heavy atom. The minimum atomic E-state index is -0.120. The van der Waals surface area contributed by atoms with Crippen LogP contribution < -0.4 is 5.32 Å². The van der Waals surface area contributed by atoms with Crippen LogP contribution in [0.3, 0.4) is 0 Å². The van der Waals surface area contributed by atoms with Gasteiger partial charge in [-0.25, -0.2) is 0 Å². The summed E-state index contributed by atoms with van der Waals surface area (Å²) in [7, 11) is 0. The molecule has 0 unspecified atom stereocenters. The standard InChI is InChI=1S/C14H22N2O/c17-14-11-15-10-12(14)6-2-1-3-7-13-8-4-5-9-16-13/h4-5,8-9,12,14-15,17H,1-3,6-7,10-11H2/t12-,14+/m0/s1. The number of β-amino-alcohol motifs (C(OH)–C–C–N with tert-alkyl or cyclic N) is 1. The molecule has 1 aliphatic rings. The highest BCUT2D eigenvalue weighted by Gasteiger charge is 2.23. The lowest BCUT2D eigenvalue weighted by Gasteiger charge is -2.12. The third-order valence-electron chi connectivity index (χ3n) is 3.54. The molecule has 1 saturated heterocycles. The number of unbranched alkanes of at least 4 members (excludes halogenated alkanes) is 2. The van der Waals surface area contributed by atoms with Gasteiger partial charge in [-0.1, -0.05) is 18.9 Å². The second-order valence-corrected chi connectivity index (χ2v) is 4.91. The third kappa shape index (κ3) is 4.10. The monoisotopic (exact) mass is 234 g/mol. The van der Waals surface area contributed by atoms with E-state index in [0.717, 1.165) is 25.9 Å². The second-order valence-electron chi connectivity index (χ2n) is 4.91. The summed E-state index contributed by atoms with van der Waals surface area (Å²) >= 11 is 0. The number of hydrogen-bond acceptors (Lipinski definition) is 3. The molecule has 2 N–H and O–H groups in total. The zero-order chi connectivity index (χ0) is 11.9. The molecule has 0 saturated carbocycles. The van der Waals surface area contributed by atoms with Gasteiger partial charge in [0.1, 0.15) is 0 Å². The molecule has 0 aromatic carbocycles. The fraction of sp³-hybridized carbons (Fsp3) is 0.643. The van der Waals surface area contributed by atoms with Crippen LogP contribution in [0.5, 0.6) is 0 Å². The number of aliphatic hydroxyl groups is 1. The van der Waals surface area contributed by atoms with Crippen LogP contribution in [0.4, 0.5) is 0 Å². The van der Waals surface area contributed by atoms with Gasteiger partial charge in [0.15, 0.2) is 0 Å². The van der Waals surface area contributed by atoms with Crippen LogP contribution in [-0.2, 0) is 6.42 Å². The van der Waals surface area contributed by atoms with E-state index in [9.17, 15) is 5.11 Å². The minimum Gasteiger partial charge on any atom is -0.391 e. The van der Waals surface area contributed by atoms with Crippen molar-refractivity contribution in [2.75, 3.05) is 13.1 Å². The number of pyridine rings is 1. The highest BCUT2D eigenvalue weighted by atomic mass is 16.3. The molecule has 1 fully saturated rings. The van der Waals surface area contributed by atoms with Crippen molar-refractivity contribution < 1.29 is 5.11 Å². The average molecular weight is 234 g/mol. The lowest BCUT2D eigenvalue weighted by Crippen LogP contribution is -2.17. The van der Waals surface area contributed by atoms with Gasteiger partial charge in [-0.2, -0.15) is 0 Å². The predicted octanol–water partition coefficient (Wildman–Crippen LogP) is 1.76. The first kappa shape index (κ1) is 12.5. The van der Waals surface area contributed by atoms with Gasteiger partial charge in [-0.05, 0) is 37.3 Å². The molecule has 1 aliphatic heterocycles. The topological polar surface area (TPSA) is 45.1 Å². The summed E-state index contributed by atoms with van der Waals surface area (Å²) in [6, 6.07) is 6.09. The zero-order valence-electron chi connectivity index (χ0n) is 10.3. The Morgan fingerprint density at radius 1 is 1.24 bits per heavy atom. The Hall–Kier alpha value is -0.930.